The lowest BCUT2D eigenvalue weighted by molar-refractivity contribution is -0.122. The molecule has 1 aromatic heterocycles. The van der Waals surface area contributed by atoms with Crippen LogP contribution in [0, 0.1) is 11.8 Å². The second kappa shape index (κ2) is 11.9. The number of rotatable bonds is 8. The minimum Gasteiger partial charge on any atom is -0.369 e. The number of carbonyl (C=O) groups excluding carboxylic acids is 1. The lowest BCUT2D eigenvalue weighted by Gasteiger charge is -2.33. The predicted octanol–water partition coefficient (Wildman–Crippen LogP) is 3.20. The molecule has 4 N–H and O–H groups in total. The van der Waals surface area contributed by atoms with Gasteiger partial charge in [0.15, 0.2) is 5.96 Å². The number of pyridine rings is 1. The number of primary amides is 1. The third-order valence-corrected chi connectivity index (χ3v) is 6.78. The Hall–Kier alpha value is -2.31. The maximum Gasteiger partial charge on any atom is 0.222 e. The summed E-state index contributed by atoms with van der Waals surface area (Å²) in [7, 11) is 1.81. The van der Waals surface area contributed by atoms with Crippen LogP contribution < -0.4 is 21.3 Å². The molecule has 0 aromatic carbocycles. The van der Waals surface area contributed by atoms with E-state index in [2.05, 4.69) is 38.5 Å². The van der Waals surface area contributed by atoms with Crippen LogP contribution in [-0.2, 0) is 11.3 Å². The van der Waals surface area contributed by atoms with E-state index in [0.29, 0.717) is 19.1 Å². The van der Waals surface area contributed by atoms with Gasteiger partial charge in [-0.25, -0.2) is 4.98 Å². The summed E-state index contributed by atoms with van der Waals surface area (Å²) < 4.78 is 0. The Labute approximate surface area is 187 Å². The molecule has 1 aliphatic heterocycles. The Bertz CT molecular complexity index is 731. The number of carbonyl (C=O) groups is 1. The van der Waals surface area contributed by atoms with Crippen molar-refractivity contribution < 1.29 is 4.79 Å². The van der Waals surface area contributed by atoms with Gasteiger partial charge in [0, 0.05) is 44.5 Å². The molecule has 1 aromatic rings. The van der Waals surface area contributed by atoms with Gasteiger partial charge in [0.2, 0.25) is 5.91 Å². The van der Waals surface area contributed by atoms with Crippen molar-refractivity contribution in [2.24, 2.45) is 22.6 Å². The van der Waals surface area contributed by atoms with Crippen LogP contribution in [0.1, 0.15) is 70.3 Å². The summed E-state index contributed by atoms with van der Waals surface area (Å²) in [6, 6.07) is 4.43. The molecule has 7 heteroatoms. The first-order chi connectivity index (χ1) is 15.1. The number of nitrogens with zero attached hydrogens (tertiary/aromatic N) is 3. The largest absolute Gasteiger partial charge is 0.369 e. The summed E-state index contributed by atoms with van der Waals surface area (Å²) in [5, 5.41) is 6.99. The second-order valence-corrected chi connectivity index (χ2v) is 9.23. The van der Waals surface area contributed by atoms with Crippen LogP contribution in [0.3, 0.4) is 0 Å². The predicted molar refractivity (Wildman–Crippen MR) is 127 cm³/mol. The van der Waals surface area contributed by atoms with E-state index >= 15 is 0 Å². The van der Waals surface area contributed by atoms with Gasteiger partial charge in [-0.2, -0.15) is 0 Å². The molecule has 7 nitrogen and oxygen atoms in total. The molecule has 172 valence electrons. The maximum absolute atomic E-state index is 11.7. The van der Waals surface area contributed by atoms with Crippen molar-refractivity contribution in [3.8, 4) is 0 Å². The van der Waals surface area contributed by atoms with E-state index < -0.39 is 0 Å². The minimum absolute atomic E-state index is 0.101. The number of nitrogens with one attached hydrogen (secondary N) is 2. The quantitative estimate of drug-likeness (QED) is 0.436. The van der Waals surface area contributed by atoms with Crippen LogP contribution in [0.4, 0.5) is 5.82 Å². The standard InChI is InChI=1S/C24H40N6O/c1-18(12-13-19-8-4-3-5-9-19)29-24(26-2)28-16-20-10-6-14-27-23(20)30-15-7-11-21(17-30)22(25)31/h6,10,14,18-19,21H,3-5,7-9,11-13,15-17H2,1-2H3,(H2,25,31)(H2,26,28,29). The van der Waals surface area contributed by atoms with Gasteiger partial charge in [0.25, 0.3) is 0 Å². The van der Waals surface area contributed by atoms with E-state index in [1.807, 2.05) is 19.3 Å². The highest BCUT2D eigenvalue weighted by molar-refractivity contribution is 5.80. The first kappa shape index (κ1) is 23.4. The van der Waals surface area contributed by atoms with Crippen molar-refractivity contribution in [2.75, 3.05) is 25.0 Å². The van der Waals surface area contributed by atoms with Crippen LogP contribution in [-0.4, -0.2) is 43.0 Å². The number of guanidine groups is 1. The van der Waals surface area contributed by atoms with E-state index in [1.54, 1.807) is 0 Å². The highest BCUT2D eigenvalue weighted by atomic mass is 16.1. The monoisotopic (exact) mass is 428 g/mol. The van der Waals surface area contributed by atoms with Gasteiger partial charge in [-0.15, -0.1) is 0 Å². The average molecular weight is 429 g/mol. The molecular formula is C24H40N6O. The first-order valence-corrected chi connectivity index (χ1v) is 12.0. The third-order valence-electron chi connectivity index (χ3n) is 6.78. The van der Waals surface area contributed by atoms with Crippen LogP contribution >= 0.6 is 0 Å². The highest BCUT2D eigenvalue weighted by Gasteiger charge is 2.26. The Morgan fingerprint density at radius 2 is 2.10 bits per heavy atom. The topological polar surface area (TPSA) is 95.6 Å². The fourth-order valence-electron chi connectivity index (χ4n) is 4.90. The van der Waals surface area contributed by atoms with E-state index in [1.165, 1.54) is 44.9 Å². The van der Waals surface area contributed by atoms with Crippen molar-refractivity contribution in [3.05, 3.63) is 23.9 Å². The van der Waals surface area contributed by atoms with Crippen LogP contribution in [0.25, 0.3) is 0 Å². The molecule has 1 saturated heterocycles. The normalized spacial score (nSPS) is 21.5. The summed E-state index contributed by atoms with van der Waals surface area (Å²) in [6.45, 7) is 4.42. The van der Waals surface area contributed by atoms with Crippen LogP contribution in [0.2, 0.25) is 0 Å². The fourth-order valence-corrected chi connectivity index (χ4v) is 4.90. The zero-order chi connectivity index (χ0) is 22.1. The van der Waals surface area contributed by atoms with Crippen molar-refractivity contribution >= 4 is 17.7 Å². The molecule has 2 aliphatic rings. The minimum atomic E-state index is -0.216. The van der Waals surface area contributed by atoms with Crippen molar-refractivity contribution in [3.63, 3.8) is 0 Å². The van der Waals surface area contributed by atoms with Crippen LogP contribution in [0.15, 0.2) is 23.3 Å². The zero-order valence-electron chi connectivity index (χ0n) is 19.3. The molecule has 0 spiro atoms. The first-order valence-electron chi connectivity index (χ1n) is 12.0. The lowest BCUT2D eigenvalue weighted by atomic mass is 9.85. The second-order valence-electron chi connectivity index (χ2n) is 9.23. The Kier molecular flexibility index (Phi) is 8.98. The number of hydrogen-bond donors (Lipinski definition) is 3. The van der Waals surface area contributed by atoms with Gasteiger partial charge < -0.3 is 21.3 Å². The highest BCUT2D eigenvalue weighted by Crippen LogP contribution is 2.28. The van der Waals surface area contributed by atoms with Gasteiger partial charge in [0.05, 0.1) is 5.92 Å². The lowest BCUT2D eigenvalue weighted by Crippen LogP contribution is -2.43. The Morgan fingerprint density at radius 1 is 1.29 bits per heavy atom. The summed E-state index contributed by atoms with van der Waals surface area (Å²) in [4.78, 5) is 22.9. The molecule has 3 rings (SSSR count). The number of aliphatic imine (C=N–C) groups is 1. The number of amides is 1. The maximum atomic E-state index is 11.7. The number of aromatic nitrogens is 1. The van der Waals surface area contributed by atoms with Gasteiger partial charge >= 0.3 is 0 Å². The van der Waals surface area contributed by atoms with Gasteiger partial charge in [-0.3, -0.25) is 9.79 Å². The summed E-state index contributed by atoms with van der Waals surface area (Å²) in [6.07, 6.45) is 13.1. The van der Waals surface area contributed by atoms with Gasteiger partial charge in [0.1, 0.15) is 5.82 Å². The molecule has 2 atom stereocenters. The van der Waals surface area contributed by atoms with E-state index in [0.717, 1.165) is 42.6 Å². The van der Waals surface area contributed by atoms with Crippen molar-refractivity contribution in [1.82, 2.24) is 15.6 Å². The smallest absolute Gasteiger partial charge is 0.222 e. The van der Waals surface area contributed by atoms with E-state index in [-0.39, 0.29) is 11.8 Å². The fraction of sp³-hybridized carbons (Fsp3) is 0.708. The van der Waals surface area contributed by atoms with Gasteiger partial charge in [-0.05, 0) is 44.6 Å². The molecule has 1 aliphatic carbocycles. The average Bonchev–Trinajstić information content (AvgIpc) is 2.81. The zero-order valence-corrected chi connectivity index (χ0v) is 19.3. The molecule has 1 saturated carbocycles. The molecule has 2 unspecified atom stereocenters. The molecular weight excluding hydrogens is 388 g/mol. The summed E-state index contributed by atoms with van der Waals surface area (Å²) in [5.74, 6) is 2.34. The number of hydrogen-bond acceptors (Lipinski definition) is 4. The number of piperidine rings is 1. The van der Waals surface area contributed by atoms with Crippen LogP contribution in [0.5, 0.6) is 0 Å². The van der Waals surface area contributed by atoms with E-state index in [4.69, 9.17) is 5.73 Å². The third kappa shape index (κ3) is 7.11. The molecule has 2 heterocycles. The summed E-state index contributed by atoms with van der Waals surface area (Å²) >= 11 is 0. The molecule has 0 radical (unpaired) electrons. The number of nitrogens with two attached hydrogens (primary N) is 1. The molecule has 2 fully saturated rings. The van der Waals surface area contributed by atoms with Gasteiger partial charge in [-0.1, -0.05) is 38.2 Å². The Balaban J connectivity index is 1.51. The van der Waals surface area contributed by atoms with E-state index in [9.17, 15) is 4.79 Å². The molecule has 1 amide bonds. The van der Waals surface area contributed by atoms with Crippen molar-refractivity contribution in [2.45, 2.75) is 77.3 Å². The van der Waals surface area contributed by atoms with Crippen molar-refractivity contribution in [1.29, 1.82) is 0 Å². The number of anilines is 1. The Morgan fingerprint density at radius 3 is 2.84 bits per heavy atom. The summed E-state index contributed by atoms with van der Waals surface area (Å²) in [5.41, 5.74) is 6.66. The molecule has 31 heavy (non-hydrogen) atoms. The molecule has 0 bridgehead atoms. The SMILES string of the molecule is CN=C(NCc1cccnc1N1CCCC(C(N)=O)C1)NC(C)CCC1CCCCC1.